The van der Waals surface area contributed by atoms with Crippen molar-refractivity contribution in [2.24, 2.45) is 4.99 Å². The van der Waals surface area contributed by atoms with E-state index in [9.17, 15) is 15.2 Å². The minimum absolute atomic E-state index is 0.201. The number of nitro groups is 1. The number of halogens is 1. The smallest absolute Gasteiger partial charge is 0.312 e. The first kappa shape index (κ1) is 17.3. The lowest BCUT2D eigenvalue weighted by atomic mass is 9.96. The number of pyridine rings is 1. The molecule has 0 aliphatic carbocycles. The van der Waals surface area contributed by atoms with E-state index in [-0.39, 0.29) is 23.5 Å². The normalized spacial score (nSPS) is 24.5. The van der Waals surface area contributed by atoms with Gasteiger partial charge in [0.15, 0.2) is 5.17 Å². The van der Waals surface area contributed by atoms with Crippen LogP contribution in [0.5, 0.6) is 5.75 Å². The molecule has 9 heteroatoms. The molecule has 2 aromatic rings. The van der Waals surface area contributed by atoms with Crippen LogP contribution >= 0.6 is 27.7 Å². The minimum atomic E-state index is -0.572. The van der Waals surface area contributed by atoms with Gasteiger partial charge in [0.05, 0.1) is 21.1 Å². The Kier molecular flexibility index (Phi) is 4.36. The maximum Gasteiger partial charge on any atom is 0.312 e. The van der Waals surface area contributed by atoms with Crippen LogP contribution in [0.1, 0.15) is 30.3 Å². The molecule has 3 heterocycles. The Hall–Kier alpha value is -2.13. The van der Waals surface area contributed by atoms with Gasteiger partial charge in [0.25, 0.3) is 0 Å². The van der Waals surface area contributed by atoms with Crippen molar-refractivity contribution in [2.45, 2.75) is 24.3 Å². The summed E-state index contributed by atoms with van der Waals surface area (Å²) in [4.78, 5) is 22.2. The summed E-state index contributed by atoms with van der Waals surface area (Å²) in [5.74, 6) is -0.364. The predicted octanol–water partition coefficient (Wildman–Crippen LogP) is 4.05. The van der Waals surface area contributed by atoms with E-state index in [1.165, 1.54) is 6.07 Å². The predicted molar refractivity (Wildman–Crippen MR) is 103 cm³/mol. The third-order valence-electron chi connectivity index (χ3n) is 4.49. The van der Waals surface area contributed by atoms with Crippen LogP contribution in [0.4, 0.5) is 5.69 Å². The molecule has 0 amide bonds. The number of nitro benzene ring substituents is 1. The Morgan fingerprint density at radius 2 is 2.23 bits per heavy atom. The summed E-state index contributed by atoms with van der Waals surface area (Å²) in [6, 6.07) is 8.40. The van der Waals surface area contributed by atoms with Crippen LogP contribution in [0.3, 0.4) is 0 Å². The summed E-state index contributed by atoms with van der Waals surface area (Å²) in [5, 5.41) is 22.7. The number of hydrogen-bond donors (Lipinski definition) is 1. The van der Waals surface area contributed by atoms with Crippen molar-refractivity contribution in [3.05, 3.63) is 62.4 Å². The quantitative estimate of drug-likeness (QED) is 0.578. The van der Waals surface area contributed by atoms with Crippen molar-refractivity contribution in [2.75, 3.05) is 6.54 Å². The number of aromatic nitrogens is 1. The SMILES string of the molecule is C[C@@H]1CN2C(=N[C@@H](c3ccccn3)[C@H]2c2cc(Br)c(O)c([N+](=O)[O-])c2)S1. The maximum atomic E-state index is 11.3. The number of amidine groups is 1. The van der Waals surface area contributed by atoms with Gasteiger partial charge in [-0.2, -0.15) is 0 Å². The fourth-order valence-electron chi connectivity index (χ4n) is 3.39. The molecule has 0 unspecified atom stereocenters. The molecule has 0 saturated carbocycles. The van der Waals surface area contributed by atoms with E-state index in [2.05, 4.69) is 32.7 Å². The first-order valence-corrected chi connectivity index (χ1v) is 9.72. The standard InChI is InChI=1S/C17H15BrN4O3S/c1-9-8-21-15(10-6-11(18)16(23)13(7-10)22(24)25)14(20-17(21)26-9)12-4-2-3-5-19-12/h2-7,9,14-15,23H,8H2,1H3/t9-,14+,15-/m1/s1. The molecule has 2 aliphatic heterocycles. The highest BCUT2D eigenvalue weighted by Gasteiger charge is 2.44. The van der Waals surface area contributed by atoms with Crippen molar-refractivity contribution in [1.82, 2.24) is 9.88 Å². The molecule has 0 radical (unpaired) electrons. The zero-order valence-electron chi connectivity index (χ0n) is 13.7. The highest BCUT2D eigenvalue weighted by Crippen LogP contribution is 2.49. The minimum Gasteiger partial charge on any atom is -0.501 e. The average Bonchev–Trinajstić information content (AvgIpc) is 3.13. The van der Waals surface area contributed by atoms with Gasteiger partial charge in [-0.15, -0.1) is 0 Å². The summed E-state index contributed by atoms with van der Waals surface area (Å²) in [6.07, 6.45) is 1.72. The van der Waals surface area contributed by atoms with Crippen molar-refractivity contribution < 1.29 is 10.0 Å². The zero-order valence-corrected chi connectivity index (χ0v) is 16.1. The second-order valence-electron chi connectivity index (χ2n) is 6.26. The zero-order chi connectivity index (χ0) is 18.4. The molecule has 134 valence electrons. The van der Waals surface area contributed by atoms with Crippen LogP contribution in [0, 0.1) is 10.1 Å². The third-order valence-corrected chi connectivity index (χ3v) is 6.19. The van der Waals surface area contributed by atoms with E-state index in [4.69, 9.17) is 4.99 Å². The molecule has 1 saturated heterocycles. The van der Waals surface area contributed by atoms with Gasteiger partial charge in [-0.1, -0.05) is 24.8 Å². The highest BCUT2D eigenvalue weighted by atomic mass is 79.9. The van der Waals surface area contributed by atoms with E-state index in [0.29, 0.717) is 9.72 Å². The Balaban J connectivity index is 1.84. The Morgan fingerprint density at radius 3 is 2.92 bits per heavy atom. The number of phenols is 1. The van der Waals surface area contributed by atoms with Gasteiger partial charge in [-0.25, -0.2) is 0 Å². The van der Waals surface area contributed by atoms with Crippen molar-refractivity contribution in [3.63, 3.8) is 0 Å². The fourth-order valence-corrected chi connectivity index (χ4v) is 4.95. The van der Waals surface area contributed by atoms with Crippen molar-refractivity contribution >= 4 is 38.5 Å². The molecule has 0 bridgehead atoms. The molecule has 1 fully saturated rings. The topological polar surface area (TPSA) is 91.9 Å². The van der Waals surface area contributed by atoms with Crippen LogP contribution in [0.15, 0.2) is 46.0 Å². The monoisotopic (exact) mass is 434 g/mol. The van der Waals surface area contributed by atoms with Gasteiger partial charge >= 0.3 is 5.69 Å². The number of nitrogens with zero attached hydrogens (tertiary/aromatic N) is 4. The second kappa shape index (κ2) is 6.55. The van der Waals surface area contributed by atoms with Crippen molar-refractivity contribution in [1.29, 1.82) is 0 Å². The lowest BCUT2D eigenvalue weighted by molar-refractivity contribution is -0.386. The van der Waals surface area contributed by atoms with Crippen LogP contribution < -0.4 is 0 Å². The Labute approximate surface area is 162 Å². The fraction of sp³-hybridized carbons (Fsp3) is 0.294. The number of aliphatic imine (C=N–C) groups is 1. The van der Waals surface area contributed by atoms with E-state index < -0.39 is 4.92 Å². The molecule has 7 nitrogen and oxygen atoms in total. The number of thioether (sulfide) groups is 1. The molecule has 1 aromatic carbocycles. The van der Waals surface area contributed by atoms with E-state index >= 15 is 0 Å². The van der Waals surface area contributed by atoms with Gasteiger partial charge in [0, 0.05) is 24.1 Å². The Morgan fingerprint density at radius 1 is 1.42 bits per heavy atom. The molecular formula is C17H15BrN4O3S. The number of hydrogen-bond acceptors (Lipinski definition) is 7. The first-order chi connectivity index (χ1) is 12.5. The molecule has 3 atom stereocenters. The Bertz CT molecular complexity index is 908. The number of aromatic hydroxyl groups is 1. The van der Waals surface area contributed by atoms with Gasteiger partial charge in [0.2, 0.25) is 5.75 Å². The summed E-state index contributed by atoms with van der Waals surface area (Å²) >= 11 is 4.95. The van der Waals surface area contributed by atoms with E-state index in [1.807, 2.05) is 18.2 Å². The van der Waals surface area contributed by atoms with Crippen LogP contribution in [-0.2, 0) is 0 Å². The average molecular weight is 435 g/mol. The number of phenolic OH excluding ortho intramolecular Hbond substituents is 1. The molecule has 0 spiro atoms. The second-order valence-corrected chi connectivity index (χ2v) is 8.52. The van der Waals surface area contributed by atoms with Gasteiger partial charge in [0.1, 0.15) is 6.04 Å². The largest absolute Gasteiger partial charge is 0.501 e. The van der Waals surface area contributed by atoms with Gasteiger partial charge < -0.3 is 10.0 Å². The summed E-state index contributed by atoms with van der Waals surface area (Å²) in [7, 11) is 0. The van der Waals surface area contributed by atoms with E-state index in [1.54, 1.807) is 24.0 Å². The van der Waals surface area contributed by atoms with E-state index in [0.717, 1.165) is 23.0 Å². The third kappa shape index (κ3) is 2.84. The summed E-state index contributed by atoms with van der Waals surface area (Å²) in [5.41, 5.74) is 1.23. The molecule has 1 aromatic heterocycles. The summed E-state index contributed by atoms with van der Waals surface area (Å²) in [6.45, 7) is 2.94. The maximum absolute atomic E-state index is 11.3. The van der Waals surface area contributed by atoms with Crippen LogP contribution in [0.25, 0.3) is 0 Å². The molecular weight excluding hydrogens is 420 g/mol. The molecule has 1 N–H and O–H groups in total. The van der Waals surface area contributed by atoms with Gasteiger partial charge in [-0.05, 0) is 39.7 Å². The number of fused-ring (bicyclic) bond motifs is 1. The first-order valence-electron chi connectivity index (χ1n) is 8.04. The number of rotatable bonds is 3. The summed E-state index contributed by atoms with van der Waals surface area (Å²) < 4.78 is 0.301. The molecule has 2 aliphatic rings. The number of benzene rings is 1. The molecule has 26 heavy (non-hydrogen) atoms. The molecule has 4 rings (SSSR count). The highest BCUT2D eigenvalue weighted by molar-refractivity contribution is 9.10. The van der Waals surface area contributed by atoms with Crippen LogP contribution in [-0.4, -0.2) is 36.9 Å². The lowest BCUT2D eigenvalue weighted by Gasteiger charge is -2.27. The van der Waals surface area contributed by atoms with Gasteiger partial charge in [-0.3, -0.25) is 20.1 Å². The lowest BCUT2D eigenvalue weighted by Crippen LogP contribution is -2.28. The van der Waals surface area contributed by atoms with Crippen molar-refractivity contribution in [3.8, 4) is 5.75 Å². The van der Waals surface area contributed by atoms with Crippen LogP contribution in [0.2, 0.25) is 0 Å².